The second-order valence-corrected chi connectivity index (χ2v) is 6.35. The highest BCUT2D eigenvalue weighted by Crippen LogP contribution is 2.31. The zero-order valence-corrected chi connectivity index (χ0v) is 11.2. The first kappa shape index (κ1) is 12.1. The van der Waals surface area contributed by atoms with Gasteiger partial charge in [0, 0.05) is 12.6 Å². The van der Waals surface area contributed by atoms with Gasteiger partial charge in [0.1, 0.15) is 11.3 Å². The highest BCUT2D eigenvalue weighted by atomic mass is 32.2. The number of rotatable bonds is 5. The van der Waals surface area contributed by atoms with Crippen LogP contribution in [0.4, 0.5) is 4.39 Å². The van der Waals surface area contributed by atoms with Crippen LogP contribution >= 0.6 is 23.1 Å². The maximum Gasteiger partial charge on any atom is 0.178 e. The van der Waals surface area contributed by atoms with Gasteiger partial charge in [0.15, 0.2) is 4.34 Å². The van der Waals surface area contributed by atoms with Crippen LogP contribution in [-0.4, -0.2) is 16.2 Å². The zero-order valence-electron chi connectivity index (χ0n) is 9.60. The summed E-state index contributed by atoms with van der Waals surface area (Å²) in [4.78, 5) is 0.599. The third kappa shape index (κ3) is 3.07. The van der Waals surface area contributed by atoms with Crippen LogP contribution in [0, 0.1) is 5.82 Å². The molecule has 1 aromatic carbocycles. The second kappa shape index (κ2) is 5.34. The average Bonchev–Trinajstić information content (AvgIpc) is 3.06. The molecule has 1 saturated carbocycles. The predicted molar refractivity (Wildman–Crippen MR) is 70.3 cm³/mol. The number of benzene rings is 1. The van der Waals surface area contributed by atoms with E-state index in [0.29, 0.717) is 10.9 Å². The first-order chi connectivity index (χ1) is 8.81. The largest absolute Gasteiger partial charge is 0.310 e. The van der Waals surface area contributed by atoms with Crippen LogP contribution in [0.3, 0.4) is 0 Å². The number of halogens is 1. The SMILES string of the molecule is Fc1cc(CNC2CC2)ccc1Sc1nncs1. The maximum atomic E-state index is 13.9. The van der Waals surface area contributed by atoms with Crippen molar-refractivity contribution in [3.8, 4) is 0 Å². The van der Waals surface area contributed by atoms with Crippen molar-refractivity contribution in [3.05, 3.63) is 35.1 Å². The van der Waals surface area contributed by atoms with Crippen LogP contribution in [0.1, 0.15) is 18.4 Å². The minimum Gasteiger partial charge on any atom is -0.310 e. The van der Waals surface area contributed by atoms with Crippen molar-refractivity contribution < 1.29 is 4.39 Å². The Hall–Kier alpha value is -0.980. The van der Waals surface area contributed by atoms with E-state index in [-0.39, 0.29) is 5.82 Å². The van der Waals surface area contributed by atoms with E-state index in [1.807, 2.05) is 12.1 Å². The molecule has 0 amide bonds. The van der Waals surface area contributed by atoms with Gasteiger partial charge >= 0.3 is 0 Å². The minimum atomic E-state index is -0.190. The Morgan fingerprint density at radius 1 is 1.44 bits per heavy atom. The van der Waals surface area contributed by atoms with Gasteiger partial charge in [-0.3, -0.25) is 0 Å². The molecule has 3 nitrogen and oxygen atoms in total. The summed E-state index contributed by atoms with van der Waals surface area (Å²) in [5.74, 6) is -0.190. The topological polar surface area (TPSA) is 37.8 Å². The predicted octanol–water partition coefficient (Wildman–Crippen LogP) is 3.08. The number of hydrogen-bond donors (Lipinski definition) is 1. The van der Waals surface area contributed by atoms with Crippen LogP contribution in [0.15, 0.2) is 32.9 Å². The third-order valence-electron chi connectivity index (χ3n) is 2.71. The lowest BCUT2D eigenvalue weighted by molar-refractivity contribution is 0.595. The monoisotopic (exact) mass is 281 g/mol. The molecule has 0 bridgehead atoms. The highest BCUT2D eigenvalue weighted by molar-refractivity contribution is 8.01. The molecule has 18 heavy (non-hydrogen) atoms. The second-order valence-electron chi connectivity index (χ2n) is 4.23. The first-order valence-corrected chi connectivity index (χ1v) is 7.47. The number of hydrogen-bond acceptors (Lipinski definition) is 5. The van der Waals surface area contributed by atoms with Gasteiger partial charge in [0.05, 0.1) is 4.90 Å². The van der Waals surface area contributed by atoms with Crippen LogP contribution in [0.2, 0.25) is 0 Å². The molecule has 0 radical (unpaired) electrons. The fraction of sp³-hybridized carbons (Fsp3) is 0.333. The number of nitrogens with zero attached hydrogens (tertiary/aromatic N) is 2. The third-order valence-corrected chi connectivity index (χ3v) is 4.53. The van der Waals surface area contributed by atoms with Crippen molar-refractivity contribution >= 4 is 23.1 Å². The molecule has 0 spiro atoms. The lowest BCUT2D eigenvalue weighted by Gasteiger charge is -2.05. The van der Waals surface area contributed by atoms with Gasteiger partial charge in [-0.15, -0.1) is 10.2 Å². The van der Waals surface area contributed by atoms with Gasteiger partial charge in [0.2, 0.25) is 0 Å². The van der Waals surface area contributed by atoms with Crippen molar-refractivity contribution in [1.82, 2.24) is 15.5 Å². The van der Waals surface area contributed by atoms with E-state index in [9.17, 15) is 4.39 Å². The van der Waals surface area contributed by atoms with Gasteiger partial charge in [-0.2, -0.15) is 0 Å². The Morgan fingerprint density at radius 3 is 3.00 bits per heavy atom. The molecule has 0 atom stereocenters. The molecule has 0 unspecified atom stereocenters. The molecule has 0 saturated heterocycles. The summed E-state index contributed by atoms with van der Waals surface area (Å²) in [6.45, 7) is 0.741. The highest BCUT2D eigenvalue weighted by Gasteiger charge is 2.20. The Morgan fingerprint density at radius 2 is 2.33 bits per heavy atom. The molecule has 1 aliphatic rings. The van der Waals surface area contributed by atoms with Gasteiger partial charge in [-0.1, -0.05) is 29.2 Å². The summed E-state index contributed by atoms with van der Waals surface area (Å²) in [6.07, 6.45) is 2.49. The Bertz CT molecular complexity index is 526. The van der Waals surface area contributed by atoms with Crippen LogP contribution < -0.4 is 5.32 Å². The maximum absolute atomic E-state index is 13.9. The van der Waals surface area contributed by atoms with E-state index in [1.54, 1.807) is 11.6 Å². The summed E-state index contributed by atoms with van der Waals surface area (Å²) in [5.41, 5.74) is 2.63. The summed E-state index contributed by atoms with van der Waals surface area (Å²) in [5, 5.41) is 11.0. The van der Waals surface area contributed by atoms with Crippen LogP contribution in [0.5, 0.6) is 0 Å². The fourth-order valence-corrected chi connectivity index (χ4v) is 3.03. The van der Waals surface area contributed by atoms with Crippen LogP contribution in [-0.2, 0) is 6.54 Å². The van der Waals surface area contributed by atoms with Gasteiger partial charge < -0.3 is 5.32 Å². The average molecular weight is 281 g/mol. The van der Waals surface area contributed by atoms with E-state index in [2.05, 4.69) is 15.5 Å². The molecular formula is C12H12FN3S2. The van der Waals surface area contributed by atoms with E-state index in [1.165, 1.54) is 35.9 Å². The first-order valence-electron chi connectivity index (χ1n) is 5.77. The van der Waals surface area contributed by atoms with Crippen LogP contribution in [0.25, 0.3) is 0 Å². The molecule has 94 valence electrons. The summed E-state index contributed by atoms with van der Waals surface area (Å²) >= 11 is 2.73. The van der Waals surface area contributed by atoms with Crippen molar-refractivity contribution in [2.45, 2.75) is 34.7 Å². The Labute approximate surface area is 113 Å². The van der Waals surface area contributed by atoms with Gasteiger partial charge in [0.25, 0.3) is 0 Å². The number of nitrogens with one attached hydrogen (secondary N) is 1. The molecule has 6 heteroatoms. The quantitative estimate of drug-likeness (QED) is 0.914. The van der Waals surface area contributed by atoms with E-state index in [0.717, 1.165) is 16.4 Å². The smallest absolute Gasteiger partial charge is 0.178 e. The molecular weight excluding hydrogens is 269 g/mol. The Kier molecular flexibility index (Phi) is 3.58. The molecule has 1 fully saturated rings. The molecule has 1 aromatic heterocycles. The minimum absolute atomic E-state index is 0.190. The molecule has 0 aliphatic heterocycles. The molecule has 3 rings (SSSR count). The number of aromatic nitrogens is 2. The van der Waals surface area contributed by atoms with E-state index >= 15 is 0 Å². The summed E-state index contributed by atoms with van der Waals surface area (Å²) < 4.78 is 14.7. The van der Waals surface area contributed by atoms with Gasteiger partial charge in [-0.05, 0) is 30.5 Å². The van der Waals surface area contributed by atoms with Crippen molar-refractivity contribution in [1.29, 1.82) is 0 Å². The molecule has 1 heterocycles. The summed E-state index contributed by atoms with van der Waals surface area (Å²) in [7, 11) is 0. The van der Waals surface area contributed by atoms with Gasteiger partial charge in [-0.25, -0.2) is 4.39 Å². The standard InChI is InChI=1S/C12H12FN3S2/c13-10-5-8(6-14-9-2-3-9)1-4-11(10)18-12-16-15-7-17-12/h1,4-5,7,9,14H,2-3,6H2. The normalized spacial score (nSPS) is 14.9. The zero-order chi connectivity index (χ0) is 12.4. The fourth-order valence-electron chi connectivity index (χ4n) is 1.59. The summed E-state index contributed by atoms with van der Waals surface area (Å²) in [6, 6.07) is 6.01. The lowest BCUT2D eigenvalue weighted by Crippen LogP contribution is -2.15. The molecule has 1 N–H and O–H groups in total. The molecule has 1 aliphatic carbocycles. The molecule has 2 aromatic rings. The van der Waals surface area contributed by atoms with E-state index in [4.69, 9.17) is 0 Å². The Balaban J connectivity index is 1.67. The lowest BCUT2D eigenvalue weighted by atomic mass is 10.2. The van der Waals surface area contributed by atoms with Crippen molar-refractivity contribution in [3.63, 3.8) is 0 Å². The van der Waals surface area contributed by atoms with Crippen molar-refractivity contribution in [2.24, 2.45) is 0 Å². The van der Waals surface area contributed by atoms with E-state index < -0.39 is 0 Å². The van der Waals surface area contributed by atoms with Crippen molar-refractivity contribution in [2.75, 3.05) is 0 Å².